The van der Waals surface area contributed by atoms with Gasteiger partial charge in [0.2, 0.25) is 5.95 Å². The lowest BCUT2D eigenvalue weighted by molar-refractivity contribution is 0.189. The molecule has 8 nitrogen and oxygen atoms in total. The predicted octanol–water partition coefficient (Wildman–Crippen LogP) is 0.593. The maximum absolute atomic E-state index is 12.3. The molecular weight excluding hydrogens is 294 g/mol. The molecule has 0 aliphatic carbocycles. The van der Waals surface area contributed by atoms with Crippen molar-refractivity contribution in [2.45, 2.75) is 19.5 Å². The molecule has 23 heavy (non-hydrogen) atoms. The highest BCUT2D eigenvalue weighted by Gasteiger charge is 2.23. The molecule has 0 unspecified atom stereocenters. The normalized spacial score (nSPS) is 16.2. The standard InChI is InChI=1S/C15H21N7O/c1-13(11-20-6-5-16-12-20)19-15(23)22-9-7-21(8-10-22)14-17-3-2-4-18-14/h2-6,12-13H,7-11H2,1H3,(H,19,23)/t13-/m1/s1. The van der Waals surface area contributed by atoms with E-state index in [0.29, 0.717) is 19.6 Å². The quantitative estimate of drug-likeness (QED) is 0.893. The number of hydrogen-bond donors (Lipinski definition) is 1. The Labute approximate surface area is 135 Å². The number of hydrogen-bond acceptors (Lipinski definition) is 5. The van der Waals surface area contributed by atoms with Crippen molar-refractivity contribution in [1.82, 2.24) is 29.7 Å². The first-order valence-electron chi connectivity index (χ1n) is 7.75. The molecule has 2 amide bonds. The fraction of sp³-hybridized carbons (Fsp3) is 0.467. The zero-order valence-corrected chi connectivity index (χ0v) is 13.2. The van der Waals surface area contributed by atoms with E-state index < -0.39 is 0 Å². The van der Waals surface area contributed by atoms with Crippen LogP contribution in [0.1, 0.15) is 6.92 Å². The molecule has 1 fully saturated rings. The van der Waals surface area contributed by atoms with E-state index in [0.717, 1.165) is 19.0 Å². The first-order valence-corrected chi connectivity index (χ1v) is 7.75. The van der Waals surface area contributed by atoms with Crippen LogP contribution in [-0.4, -0.2) is 62.7 Å². The maximum Gasteiger partial charge on any atom is 0.317 e. The highest BCUT2D eigenvalue weighted by Crippen LogP contribution is 2.09. The topological polar surface area (TPSA) is 79.2 Å². The van der Waals surface area contributed by atoms with E-state index in [9.17, 15) is 4.79 Å². The fourth-order valence-corrected chi connectivity index (χ4v) is 2.62. The molecule has 0 aromatic carbocycles. The molecule has 122 valence electrons. The number of rotatable bonds is 4. The Morgan fingerprint density at radius 2 is 1.96 bits per heavy atom. The summed E-state index contributed by atoms with van der Waals surface area (Å²) in [5, 5.41) is 3.03. The van der Waals surface area contributed by atoms with Gasteiger partial charge < -0.3 is 19.7 Å². The van der Waals surface area contributed by atoms with Gasteiger partial charge in [0.05, 0.1) is 6.33 Å². The second-order valence-electron chi connectivity index (χ2n) is 5.63. The number of anilines is 1. The van der Waals surface area contributed by atoms with Gasteiger partial charge in [0.15, 0.2) is 0 Å². The van der Waals surface area contributed by atoms with Gasteiger partial charge in [-0.25, -0.2) is 19.7 Å². The summed E-state index contributed by atoms with van der Waals surface area (Å²) in [5.41, 5.74) is 0. The highest BCUT2D eigenvalue weighted by atomic mass is 16.2. The Morgan fingerprint density at radius 3 is 2.61 bits per heavy atom. The Morgan fingerprint density at radius 1 is 1.22 bits per heavy atom. The summed E-state index contributed by atoms with van der Waals surface area (Å²) in [4.78, 5) is 28.8. The van der Waals surface area contributed by atoms with Crippen LogP contribution < -0.4 is 10.2 Å². The monoisotopic (exact) mass is 315 g/mol. The molecule has 1 saturated heterocycles. The van der Waals surface area contributed by atoms with Crippen LogP contribution in [0.5, 0.6) is 0 Å². The van der Waals surface area contributed by atoms with Gasteiger partial charge in [-0.15, -0.1) is 0 Å². The molecule has 3 heterocycles. The lowest BCUT2D eigenvalue weighted by Gasteiger charge is -2.35. The predicted molar refractivity (Wildman–Crippen MR) is 86.0 cm³/mol. The van der Waals surface area contributed by atoms with Crippen LogP contribution in [0.4, 0.5) is 10.7 Å². The summed E-state index contributed by atoms with van der Waals surface area (Å²) in [6.45, 7) is 5.53. The summed E-state index contributed by atoms with van der Waals surface area (Å²) in [6.07, 6.45) is 8.85. The van der Waals surface area contributed by atoms with Crippen LogP contribution in [-0.2, 0) is 6.54 Å². The summed E-state index contributed by atoms with van der Waals surface area (Å²) >= 11 is 0. The van der Waals surface area contributed by atoms with Gasteiger partial charge in [-0.05, 0) is 13.0 Å². The van der Waals surface area contributed by atoms with Crippen molar-refractivity contribution in [3.05, 3.63) is 37.2 Å². The molecule has 1 atom stereocenters. The van der Waals surface area contributed by atoms with Crippen molar-refractivity contribution in [3.63, 3.8) is 0 Å². The lowest BCUT2D eigenvalue weighted by Crippen LogP contribution is -2.53. The zero-order valence-electron chi connectivity index (χ0n) is 13.2. The van der Waals surface area contributed by atoms with Gasteiger partial charge in [0.25, 0.3) is 0 Å². The van der Waals surface area contributed by atoms with Crippen LogP contribution in [0.15, 0.2) is 37.2 Å². The highest BCUT2D eigenvalue weighted by molar-refractivity contribution is 5.74. The van der Waals surface area contributed by atoms with Gasteiger partial charge in [-0.1, -0.05) is 0 Å². The largest absolute Gasteiger partial charge is 0.337 e. The molecule has 0 bridgehead atoms. The van der Waals surface area contributed by atoms with E-state index in [2.05, 4.69) is 25.2 Å². The summed E-state index contributed by atoms with van der Waals surface area (Å²) in [7, 11) is 0. The number of imidazole rings is 1. The summed E-state index contributed by atoms with van der Waals surface area (Å²) in [5.74, 6) is 0.723. The van der Waals surface area contributed by atoms with E-state index in [1.165, 1.54) is 0 Å². The molecule has 1 aliphatic heterocycles. The molecule has 8 heteroatoms. The van der Waals surface area contributed by atoms with Crippen molar-refractivity contribution in [3.8, 4) is 0 Å². The van der Waals surface area contributed by atoms with Gasteiger partial charge in [-0.2, -0.15) is 0 Å². The van der Waals surface area contributed by atoms with Crippen molar-refractivity contribution < 1.29 is 4.79 Å². The fourth-order valence-electron chi connectivity index (χ4n) is 2.62. The number of piperazine rings is 1. The van der Waals surface area contributed by atoms with Gasteiger partial charge in [0.1, 0.15) is 0 Å². The smallest absolute Gasteiger partial charge is 0.317 e. The lowest BCUT2D eigenvalue weighted by atomic mass is 10.3. The Balaban J connectivity index is 1.46. The third-order valence-electron chi connectivity index (χ3n) is 3.82. The second kappa shape index (κ2) is 7.08. The second-order valence-corrected chi connectivity index (χ2v) is 5.63. The van der Waals surface area contributed by atoms with Crippen LogP contribution >= 0.6 is 0 Å². The van der Waals surface area contributed by atoms with Crippen LogP contribution in [0, 0.1) is 0 Å². The first-order chi connectivity index (χ1) is 11.2. The first kappa shape index (κ1) is 15.3. The van der Waals surface area contributed by atoms with Crippen molar-refractivity contribution in [1.29, 1.82) is 0 Å². The SMILES string of the molecule is C[C@H](Cn1ccnc1)NC(=O)N1CCN(c2ncccn2)CC1. The van der Waals surface area contributed by atoms with Gasteiger partial charge in [0, 0.05) is 63.6 Å². The van der Waals surface area contributed by atoms with E-state index in [4.69, 9.17) is 0 Å². The van der Waals surface area contributed by atoms with Crippen molar-refractivity contribution >= 4 is 12.0 Å². The van der Waals surface area contributed by atoms with Gasteiger partial charge >= 0.3 is 6.03 Å². The van der Waals surface area contributed by atoms with E-state index in [1.807, 2.05) is 22.6 Å². The van der Waals surface area contributed by atoms with E-state index in [1.54, 1.807) is 31.0 Å². The van der Waals surface area contributed by atoms with E-state index >= 15 is 0 Å². The molecular formula is C15H21N7O. The van der Waals surface area contributed by atoms with Crippen molar-refractivity contribution in [2.75, 3.05) is 31.1 Å². The summed E-state index contributed by atoms with van der Waals surface area (Å²) < 4.78 is 1.95. The Hall–Kier alpha value is -2.64. The number of nitrogens with zero attached hydrogens (tertiary/aromatic N) is 6. The third kappa shape index (κ3) is 3.97. The molecule has 3 rings (SSSR count). The van der Waals surface area contributed by atoms with Crippen LogP contribution in [0.25, 0.3) is 0 Å². The number of aromatic nitrogens is 4. The number of carbonyl (C=O) groups excluding carboxylic acids is 1. The number of carbonyl (C=O) groups is 1. The molecule has 2 aromatic heterocycles. The number of urea groups is 1. The minimum absolute atomic E-state index is 0.0220. The molecule has 2 aromatic rings. The molecule has 0 spiro atoms. The Kier molecular flexibility index (Phi) is 4.70. The maximum atomic E-state index is 12.3. The molecule has 1 aliphatic rings. The third-order valence-corrected chi connectivity index (χ3v) is 3.82. The number of amides is 2. The molecule has 0 saturated carbocycles. The minimum Gasteiger partial charge on any atom is -0.337 e. The van der Waals surface area contributed by atoms with Crippen LogP contribution in [0.3, 0.4) is 0 Å². The van der Waals surface area contributed by atoms with Gasteiger partial charge in [-0.3, -0.25) is 0 Å². The molecule has 0 radical (unpaired) electrons. The number of nitrogens with one attached hydrogen (secondary N) is 1. The average molecular weight is 315 g/mol. The average Bonchev–Trinajstić information content (AvgIpc) is 3.08. The summed E-state index contributed by atoms with van der Waals surface area (Å²) in [6, 6.07) is 1.83. The van der Waals surface area contributed by atoms with E-state index in [-0.39, 0.29) is 12.1 Å². The minimum atomic E-state index is -0.0220. The Bertz CT molecular complexity index is 608. The molecule has 1 N–H and O–H groups in total. The van der Waals surface area contributed by atoms with Crippen LogP contribution in [0.2, 0.25) is 0 Å². The zero-order chi connectivity index (χ0) is 16.1. The van der Waals surface area contributed by atoms with Crippen molar-refractivity contribution in [2.24, 2.45) is 0 Å².